The van der Waals surface area contributed by atoms with Crippen LogP contribution in [-0.2, 0) is 15.0 Å². The molecule has 1 aliphatic rings. The number of ether oxygens (including phenoxy) is 1. The van der Waals surface area contributed by atoms with E-state index in [0.29, 0.717) is 22.1 Å². The second kappa shape index (κ2) is 6.76. The number of benzene rings is 2. The van der Waals surface area contributed by atoms with Gasteiger partial charge >= 0.3 is 0 Å². The second-order valence-electron chi connectivity index (χ2n) is 6.14. The summed E-state index contributed by atoms with van der Waals surface area (Å²) in [4.78, 5) is 24.2. The molecule has 0 bridgehead atoms. The van der Waals surface area contributed by atoms with Gasteiger partial charge in [0, 0.05) is 17.6 Å². The number of halogens is 1. The molecule has 1 saturated carbocycles. The lowest BCUT2D eigenvalue weighted by atomic mass is 9.95. The maximum Gasteiger partial charge on any atom is 0.235 e. The first-order valence-corrected chi connectivity index (χ1v) is 8.35. The summed E-state index contributed by atoms with van der Waals surface area (Å²) in [5, 5.41) is 6.26. The summed E-state index contributed by atoms with van der Waals surface area (Å²) in [5.74, 6) is 0.247. The van der Waals surface area contributed by atoms with Crippen molar-refractivity contribution in [1.82, 2.24) is 0 Å². The summed E-state index contributed by atoms with van der Waals surface area (Å²) in [7, 11) is 1.53. The number of hydrogen-bond acceptors (Lipinski definition) is 3. The fourth-order valence-corrected chi connectivity index (χ4v) is 3.07. The number of rotatable bonds is 5. The molecule has 6 heteroatoms. The molecule has 1 fully saturated rings. The molecular formula is C19H19ClN2O3. The maximum atomic E-state index is 12.8. The summed E-state index contributed by atoms with van der Waals surface area (Å²) >= 11 is 6.06. The van der Waals surface area contributed by atoms with Crippen LogP contribution < -0.4 is 15.4 Å². The van der Waals surface area contributed by atoms with Crippen LogP contribution in [0.1, 0.15) is 25.3 Å². The molecule has 0 spiro atoms. The average molecular weight is 359 g/mol. The van der Waals surface area contributed by atoms with Gasteiger partial charge in [0.25, 0.3) is 0 Å². The Balaban J connectivity index is 1.82. The first-order valence-electron chi connectivity index (χ1n) is 7.98. The van der Waals surface area contributed by atoms with Gasteiger partial charge in [-0.2, -0.15) is 0 Å². The van der Waals surface area contributed by atoms with Gasteiger partial charge in [-0.3, -0.25) is 9.59 Å². The SMILES string of the molecule is COc1ccc(NC(=O)C2(c3cccc(Cl)c3)CC2)cc1NC(C)=O. The van der Waals surface area contributed by atoms with E-state index < -0.39 is 5.41 Å². The average Bonchev–Trinajstić information content (AvgIpc) is 3.36. The van der Waals surface area contributed by atoms with E-state index in [4.69, 9.17) is 16.3 Å². The zero-order chi connectivity index (χ0) is 18.0. The fourth-order valence-electron chi connectivity index (χ4n) is 2.88. The van der Waals surface area contributed by atoms with Gasteiger partial charge in [-0.25, -0.2) is 0 Å². The van der Waals surface area contributed by atoms with E-state index in [9.17, 15) is 9.59 Å². The highest BCUT2D eigenvalue weighted by Gasteiger charge is 2.51. The maximum absolute atomic E-state index is 12.8. The normalized spacial score (nSPS) is 14.5. The second-order valence-corrected chi connectivity index (χ2v) is 6.58. The molecule has 2 aromatic rings. The molecule has 0 aliphatic heterocycles. The predicted molar refractivity (Wildman–Crippen MR) is 98.3 cm³/mol. The van der Waals surface area contributed by atoms with Gasteiger partial charge in [0.05, 0.1) is 18.2 Å². The van der Waals surface area contributed by atoms with Crippen molar-refractivity contribution in [3.05, 3.63) is 53.1 Å². The predicted octanol–water partition coefficient (Wildman–Crippen LogP) is 3.98. The van der Waals surface area contributed by atoms with E-state index >= 15 is 0 Å². The molecule has 25 heavy (non-hydrogen) atoms. The smallest absolute Gasteiger partial charge is 0.235 e. The van der Waals surface area contributed by atoms with Crippen molar-refractivity contribution in [3.8, 4) is 5.75 Å². The molecule has 2 amide bonds. The molecule has 2 N–H and O–H groups in total. The van der Waals surface area contributed by atoms with Gasteiger partial charge < -0.3 is 15.4 Å². The van der Waals surface area contributed by atoms with Gasteiger partial charge in [0.2, 0.25) is 11.8 Å². The van der Waals surface area contributed by atoms with Crippen molar-refractivity contribution in [2.45, 2.75) is 25.2 Å². The molecule has 1 aliphatic carbocycles. The van der Waals surface area contributed by atoms with Crippen LogP contribution in [-0.4, -0.2) is 18.9 Å². The van der Waals surface area contributed by atoms with E-state index in [-0.39, 0.29) is 11.8 Å². The highest BCUT2D eigenvalue weighted by Crippen LogP contribution is 2.49. The molecule has 0 aromatic heterocycles. The molecule has 0 heterocycles. The molecule has 0 atom stereocenters. The first-order chi connectivity index (χ1) is 11.9. The quantitative estimate of drug-likeness (QED) is 0.849. The Morgan fingerprint density at radius 2 is 1.88 bits per heavy atom. The van der Waals surface area contributed by atoms with Crippen molar-refractivity contribution in [2.75, 3.05) is 17.7 Å². The third kappa shape index (κ3) is 3.61. The Labute approximate surface area is 151 Å². The van der Waals surface area contributed by atoms with Crippen molar-refractivity contribution in [1.29, 1.82) is 0 Å². The van der Waals surface area contributed by atoms with Crippen LogP contribution in [0.4, 0.5) is 11.4 Å². The first kappa shape index (κ1) is 17.3. The Kier molecular flexibility index (Phi) is 4.68. The summed E-state index contributed by atoms with van der Waals surface area (Å²) in [6.07, 6.45) is 1.57. The van der Waals surface area contributed by atoms with Gasteiger partial charge in [0.15, 0.2) is 0 Å². The van der Waals surface area contributed by atoms with E-state index in [1.165, 1.54) is 14.0 Å². The minimum atomic E-state index is -0.529. The van der Waals surface area contributed by atoms with Crippen LogP contribution in [0.3, 0.4) is 0 Å². The third-order valence-corrected chi connectivity index (χ3v) is 4.56. The van der Waals surface area contributed by atoms with Gasteiger partial charge in [-0.15, -0.1) is 0 Å². The molecule has 0 unspecified atom stereocenters. The number of carbonyl (C=O) groups is 2. The summed E-state index contributed by atoms with van der Waals surface area (Å²) in [5.41, 5.74) is 1.51. The Morgan fingerprint density at radius 1 is 1.12 bits per heavy atom. The minimum absolute atomic E-state index is 0.0753. The number of methoxy groups -OCH3 is 1. The standard InChI is InChI=1S/C19H19ClN2O3/c1-12(23)21-16-11-15(6-7-17(16)25-2)22-18(24)19(8-9-19)13-4-3-5-14(20)10-13/h3-7,10-11H,8-9H2,1-2H3,(H,21,23)(H,22,24). The highest BCUT2D eigenvalue weighted by molar-refractivity contribution is 6.30. The Bertz CT molecular complexity index is 831. The van der Waals surface area contributed by atoms with Crippen LogP contribution in [0.2, 0.25) is 5.02 Å². The largest absolute Gasteiger partial charge is 0.495 e. The molecule has 3 rings (SSSR count). The summed E-state index contributed by atoms with van der Waals surface area (Å²) in [6.45, 7) is 1.42. The van der Waals surface area contributed by atoms with Crippen molar-refractivity contribution >= 4 is 34.8 Å². The summed E-state index contributed by atoms with van der Waals surface area (Å²) in [6, 6.07) is 12.6. The zero-order valence-electron chi connectivity index (χ0n) is 14.1. The van der Waals surface area contributed by atoms with Crippen LogP contribution in [0.15, 0.2) is 42.5 Å². The van der Waals surface area contributed by atoms with E-state index in [0.717, 1.165) is 18.4 Å². The van der Waals surface area contributed by atoms with Gasteiger partial charge in [0.1, 0.15) is 5.75 Å². The topological polar surface area (TPSA) is 67.4 Å². The number of carbonyl (C=O) groups excluding carboxylic acids is 2. The Morgan fingerprint density at radius 3 is 2.48 bits per heavy atom. The highest BCUT2D eigenvalue weighted by atomic mass is 35.5. The molecule has 0 saturated heterocycles. The fraction of sp³-hybridized carbons (Fsp3) is 0.263. The lowest BCUT2D eigenvalue weighted by Gasteiger charge is -2.17. The van der Waals surface area contributed by atoms with Crippen LogP contribution >= 0.6 is 11.6 Å². The van der Waals surface area contributed by atoms with E-state index in [1.807, 2.05) is 18.2 Å². The molecule has 0 radical (unpaired) electrons. The zero-order valence-corrected chi connectivity index (χ0v) is 14.8. The lowest BCUT2D eigenvalue weighted by molar-refractivity contribution is -0.118. The third-order valence-electron chi connectivity index (χ3n) is 4.33. The minimum Gasteiger partial charge on any atom is -0.495 e. The summed E-state index contributed by atoms with van der Waals surface area (Å²) < 4.78 is 5.23. The van der Waals surface area contributed by atoms with Gasteiger partial charge in [-0.05, 0) is 48.7 Å². The van der Waals surface area contributed by atoms with Crippen LogP contribution in [0.25, 0.3) is 0 Å². The molecule has 2 aromatic carbocycles. The number of anilines is 2. The number of amides is 2. The monoisotopic (exact) mass is 358 g/mol. The van der Waals surface area contributed by atoms with Crippen LogP contribution in [0.5, 0.6) is 5.75 Å². The van der Waals surface area contributed by atoms with E-state index in [1.54, 1.807) is 24.3 Å². The van der Waals surface area contributed by atoms with Crippen molar-refractivity contribution in [3.63, 3.8) is 0 Å². The Hall–Kier alpha value is -2.53. The van der Waals surface area contributed by atoms with Crippen molar-refractivity contribution < 1.29 is 14.3 Å². The van der Waals surface area contributed by atoms with Gasteiger partial charge in [-0.1, -0.05) is 23.7 Å². The van der Waals surface area contributed by atoms with Crippen molar-refractivity contribution in [2.24, 2.45) is 0 Å². The lowest BCUT2D eigenvalue weighted by Crippen LogP contribution is -2.27. The molecular weight excluding hydrogens is 340 g/mol. The molecule has 5 nitrogen and oxygen atoms in total. The number of hydrogen-bond donors (Lipinski definition) is 2. The van der Waals surface area contributed by atoms with E-state index in [2.05, 4.69) is 10.6 Å². The number of nitrogens with one attached hydrogen (secondary N) is 2. The van der Waals surface area contributed by atoms with Crippen LogP contribution in [0, 0.1) is 0 Å². The molecule has 130 valence electrons.